The summed E-state index contributed by atoms with van der Waals surface area (Å²) < 4.78 is 2.06. The van der Waals surface area contributed by atoms with Gasteiger partial charge < -0.3 is 16.0 Å². The molecule has 110 valence electrons. The van der Waals surface area contributed by atoms with Crippen molar-refractivity contribution in [3.8, 4) is 0 Å². The summed E-state index contributed by atoms with van der Waals surface area (Å²) >= 11 is 0. The van der Waals surface area contributed by atoms with E-state index in [9.17, 15) is 0 Å². The Labute approximate surface area is 123 Å². The lowest BCUT2D eigenvalue weighted by Gasteiger charge is -2.12. The maximum Gasteiger partial charge on any atom is 0.115 e. The number of aromatic nitrogens is 4. The summed E-state index contributed by atoms with van der Waals surface area (Å²) in [5.41, 5.74) is 16.1. The summed E-state index contributed by atoms with van der Waals surface area (Å²) in [6, 6.07) is 3.89. The summed E-state index contributed by atoms with van der Waals surface area (Å²) in [4.78, 5) is 13.8. The van der Waals surface area contributed by atoms with Crippen molar-refractivity contribution in [3.05, 3.63) is 30.4 Å². The van der Waals surface area contributed by atoms with E-state index in [1.807, 2.05) is 18.5 Å². The lowest BCUT2D eigenvalue weighted by molar-refractivity contribution is 0.677. The first-order chi connectivity index (χ1) is 10.3. The summed E-state index contributed by atoms with van der Waals surface area (Å²) in [7, 11) is 0. The van der Waals surface area contributed by atoms with Gasteiger partial charge in [0.05, 0.1) is 23.1 Å². The van der Waals surface area contributed by atoms with Gasteiger partial charge in [0.25, 0.3) is 0 Å². The van der Waals surface area contributed by atoms with Crippen LogP contribution in [0.3, 0.4) is 0 Å². The van der Waals surface area contributed by atoms with E-state index in [2.05, 4.69) is 21.5 Å². The molecule has 0 radical (unpaired) electrons. The van der Waals surface area contributed by atoms with Crippen molar-refractivity contribution in [1.29, 1.82) is 0 Å². The number of nitrogens with zero attached hydrogens (tertiary/aromatic N) is 4. The quantitative estimate of drug-likeness (QED) is 0.738. The molecule has 3 heterocycles. The first-order valence-corrected chi connectivity index (χ1v) is 7.25. The molecule has 3 aromatic rings. The number of hydrogen-bond acceptors (Lipinski definition) is 5. The Morgan fingerprint density at radius 3 is 2.81 bits per heavy atom. The second-order valence-electron chi connectivity index (χ2n) is 5.27. The van der Waals surface area contributed by atoms with E-state index in [-0.39, 0.29) is 5.92 Å². The maximum absolute atomic E-state index is 5.70. The Morgan fingerprint density at radius 1 is 1.19 bits per heavy atom. The first-order valence-electron chi connectivity index (χ1n) is 7.25. The molecule has 0 bridgehead atoms. The van der Waals surface area contributed by atoms with Crippen LogP contribution in [-0.2, 0) is 6.54 Å². The molecule has 1 unspecified atom stereocenters. The van der Waals surface area contributed by atoms with Gasteiger partial charge in [0, 0.05) is 25.2 Å². The molecule has 0 aliphatic heterocycles. The number of pyridine rings is 2. The minimum Gasteiger partial charge on any atom is -0.330 e. The van der Waals surface area contributed by atoms with Crippen molar-refractivity contribution in [2.75, 3.05) is 13.1 Å². The first kappa shape index (κ1) is 13.9. The van der Waals surface area contributed by atoms with Crippen LogP contribution in [0.2, 0.25) is 0 Å². The summed E-state index contributed by atoms with van der Waals surface area (Å²) in [5.74, 6) is 0.267. The lowest BCUT2D eigenvalue weighted by atomic mass is 10.0. The Morgan fingerprint density at radius 2 is 2.05 bits per heavy atom. The third-order valence-corrected chi connectivity index (χ3v) is 3.77. The average Bonchev–Trinajstić information content (AvgIpc) is 2.91. The number of imidazole rings is 1. The molecule has 3 rings (SSSR count). The smallest absolute Gasteiger partial charge is 0.115 e. The van der Waals surface area contributed by atoms with Gasteiger partial charge in [-0.3, -0.25) is 4.98 Å². The van der Waals surface area contributed by atoms with E-state index in [4.69, 9.17) is 16.5 Å². The van der Waals surface area contributed by atoms with Gasteiger partial charge in [0.2, 0.25) is 0 Å². The molecule has 6 heteroatoms. The second-order valence-corrected chi connectivity index (χ2v) is 5.27. The van der Waals surface area contributed by atoms with Crippen LogP contribution in [0.15, 0.2) is 24.7 Å². The molecule has 0 aliphatic carbocycles. The maximum atomic E-state index is 5.70. The number of nitrogens with two attached hydrogens (primary N) is 2. The minimum absolute atomic E-state index is 0.267. The molecule has 0 amide bonds. The van der Waals surface area contributed by atoms with Gasteiger partial charge in [-0.05, 0) is 25.1 Å². The molecule has 0 aliphatic rings. The highest BCUT2D eigenvalue weighted by Crippen LogP contribution is 2.29. The number of hydrogen-bond donors (Lipinski definition) is 2. The van der Waals surface area contributed by atoms with Crippen LogP contribution in [0, 0.1) is 0 Å². The Bertz CT molecular complexity index is 763. The highest BCUT2D eigenvalue weighted by molar-refractivity contribution is 6.00. The van der Waals surface area contributed by atoms with Crippen LogP contribution < -0.4 is 11.5 Å². The molecule has 1 atom stereocenters. The van der Waals surface area contributed by atoms with Gasteiger partial charge in [0.15, 0.2) is 0 Å². The van der Waals surface area contributed by atoms with Crippen LogP contribution in [0.1, 0.15) is 25.0 Å². The molecule has 21 heavy (non-hydrogen) atoms. The van der Waals surface area contributed by atoms with Crippen molar-refractivity contribution in [1.82, 2.24) is 19.5 Å². The Kier molecular flexibility index (Phi) is 3.81. The van der Waals surface area contributed by atoms with E-state index >= 15 is 0 Å². The van der Waals surface area contributed by atoms with Gasteiger partial charge in [-0.2, -0.15) is 0 Å². The predicted octanol–water partition coefficient (Wildman–Crippen LogP) is 1.39. The molecular weight excluding hydrogens is 264 g/mol. The predicted molar refractivity (Wildman–Crippen MR) is 84.0 cm³/mol. The zero-order chi connectivity index (χ0) is 14.8. The van der Waals surface area contributed by atoms with Crippen molar-refractivity contribution in [2.24, 2.45) is 11.5 Å². The van der Waals surface area contributed by atoms with E-state index < -0.39 is 0 Å². The van der Waals surface area contributed by atoms with Crippen molar-refractivity contribution >= 4 is 22.1 Å². The molecular formula is C15H20N6. The monoisotopic (exact) mass is 284 g/mol. The van der Waals surface area contributed by atoms with Crippen LogP contribution in [0.25, 0.3) is 22.1 Å². The molecule has 0 fully saturated rings. The number of rotatable bonds is 5. The standard InChI is InChI=1S/C15H20N6/c1-10(4-5-16)12-14-15(21(8-6-17)9-19-14)13-11(20-12)3-2-7-18-13/h2-3,7,9-10H,4-6,8,16-17H2,1H3. The van der Waals surface area contributed by atoms with E-state index in [1.165, 1.54) is 0 Å². The Hall–Kier alpha value is -2.05. The van der Waals surface area contributed by atoms with E-state index in [0.717, 1.165) is 40.7 Å². The molecule has 0 saturated heterocycles. The SMILES string of the molecule is CC(CCN)c1nc2cccnc2c2c1ncn2CCN. The third kappa shape index (κ3) is 2.36. The van der Waals surface area contributed by atoms with E-state index in [0.29, 0.717) is 13.1 Å². The normalized spacial score (nSPS) is 13.1. The third-order valence-electron chi connectivity index (χ3n) is 3.77. The van der Waals surface area contributed by atoms with Gasteiger partial charge >= 0.3 is 0 Å². The highest BCUT2D eigenvalue weighted by atomic mass is 15.1. The van der Waals surface area contributed by atoms with Gasteiger partial charge in [-0.25, -0.2) is 9.97 Å². The fraction of sp³-hybridized carbons (Fsp3) is 0.400. The molecule has 3 aromatic heterocycles. The largest absolute Gasteiger partial charge is 0.330 e. The molecule has 4 N–H and O–H groups in total. The van der Waals surface area contributed by atoms with Gasteiger partial charge in [-0.15, -0.1) is 0 Å². The molecule has 0 spiro atoms. The molecule has 0 saturated carbocycles. The van der Waals surface area contributed by atoms with E-state index in [1.54, 1.807) is 6.20 Å². The van der Waals surface area contributed by atoms with Crippen molar-refractivity contribution in [3.63, 3.8) is 0 Å². The second kappa shape index (κ2) is 5.75. The van der Waals surface area contributed by atoms with Crippen LogP contribution in [0.4, 0.5) is 0 Å². The van der Waals surface area contributed by atoms with Gasteiger partial charge in [0.1, 0.15) is 11.0 Å². The summed E-state index contributed by atoms with van der Waals surface area (Å²) in [6.45, 7) is 4.06. The average molecular weight is 284 g/mol. The molecule has 0 aromatic carbocycles. The zero-order valence-corrected chi connectivity index (χ0v) is 12.2. The van der Waals surface area contributed by atoms with Gasteiger partial charge in [-0.1, -0.05) is 6.92 Å². The summed E-state index contributed by atoms with van der Waals surface area (Å²) in [5, 5.41) is 0. The zero-order valence-electron chi connectivity index (χ0n) is 12.2. The number of fused-ring (bicyclic) bond motifs is 3. The minimum atomic E-state index is 0.267. The van der Waals surface area contributed by atoms with Crippen LogP contribution >= 0.6 is 0 Å². The highest BCUT2D eigenvalue weighted by Gasteiger charge is 2.18. The Balaban J connectivity index is 2.32. The van der Waals surface area contributed by atoms with Crippen LogP contribution in [-0.4, -0.2) is 32.6 Å². The van der Waals surface area contributed by atoms with Crippen molar-refractivity contribution in [2.45, 2.75) is 25.8 Å². The summed E-state index contributed by atoms with van der Waals surface area (Å²) in [6.07, 6.45) is 4.50. The van der Waals surface area contributed by atoms with Crippen molar-refractivity contribution < 1.29 is 0 Å². The lowest BCUT2D eigenvalue weighted by Crippen LogP contribution is -2.10. The fourth-order valence-electron chi connectivity index (χ4n) is 2.71. The van der Waals surface area contributed by atoms with Crippen LogP contribution in [0.5, 0.6) is 0 Å². The topological polar surface area (TPSA) is 95.6 Å². The fourth-order valence-corrected chi connectivity index (χ4v) is 2.71. The molecule has 6 nitrogen and oxygen atoms in total.